The first-order valence-corrected chi connectivity index (χ1v) is 9.84. The maximum absolute atomic E-state index is 12.3. The molecule has 1 unspecified atom stereocenters. The summed E-state index contributed by atoms with van der Waals surface area (Å²) in [4.78, 5) is 26.4. The van der Waals surface area contributed by atoms with Gasteiger partial charge in [-0.1, -0.05) is 30.3 Å². The molecule has 0 spiro atoms. The van der Waals surface area contributed by atoms with Crippen LogP contribution in [0.15, 0.2) is 54.6 Å². The Balaban J connectivity index is 1.48. The summed E-state index contributed by atoms with van der Waals surface area (Å²) in [7, 11) is 1.60. The lowest BCUT2D eigenvalue weighted by molar-refractivity contribution is -0.123. The van der Waals surface area contributed by atoms with Crippen LogP contribution in [0, 0.1) is 0 Å². The van der Waals surface area contributed by atoms with E-state index in [0.29, 0.717) is 25.2 Å². The molecule has 0 aliphatic carbocycles. The second-order valence-corrected chi connectivity index (χ2v) is 7.25. The Morgan fingerprint density at radius 2 is 1.76 bits per heavy atom. The monoisotopic (exact) mass is 396 g/mol. The number of likely N-dealkylation sites (tertiary alicyclic amines) is 1. The summed E-state index contributed by atoms with van der Waals surface area (Å²) in [5.74, 6) is 0.431. The lowest BCUT2D eigenvalue weighted by Gasteiger charge is -2.36. The van der Waals surface area contributed by atoms with Gasteiger partial charge < -0.3 is 21.1 Å². The van der Waals surface area contributed by atoms with Crippen LogP contribution in [0.2, 0.25) is 0 Å². The smallest absolute Gasteiger partial charge is 0.319 e. The molecule has 7 nitrogen and oxygen atoms in total. The minimum Gasteiger partial charge on any atom is -0.497 e. The fraction of sp³-hybridized carbons (Fsp3) is 0.364. The van der Waals surface area contributed by atoms with Crippen molar-refractivity contribution in [3.8, 4) is 5.75 Å². The predicted molar refractivity (Wildman–Crippen MR) is 113 cm³/mol. The van der Waals surface area contributed by atoms with E-state index < -0.39 is 0 Å². The molecule has 1 fully saturated rings. The summed E-state index contributed by atoms with van der Waals surface area (Å²) >= 11 is 0. The molecule has 7 heteroatoms. The lowest BCUT2D eigenvalue weighted by atomic mass is 9.99. The van der Waals surface area contributed by atoms with Crippen LogP contribution < -0.4 is 21.1 Å². The van der Waals surface area contributed by atoms with Crippen molar-refractivity contribution < 1.29 is 14.3 Å². The zero-order chi connectivity index (χ0) is 20.6. The number of nitrogens with two attached hydrogens (primary N) is 1. The number of ether oxygens (including phenoxy) is 1. The molecule has 1 aliphatic rings. The number of primary amides is 1. The molecule has 0 radical (unpaired) electrons. The van der Waals surface area contributed by atoms with Crippen LogP contribution in [-0.2, 0) is 11.2 Å². The minimum atomic E-state index is -0.327. The van der Waals surface area contributed by atoms with Gasteiger partial charge in [0.1, 0.15) is 5.75 Å². The van der Waals surface area contributed by atoms with Crippen molar-refractivity contribution in [3.63, 3.8) is 0 Å². The zero-order valence-corrected chi connectivity index (χ0v) is 16.6. The molecule has 154 valence electrons. The van der Waals surface area contributed by atoms with Crippen LogP contribution in [0.3, 0.4) is 0 Å². The number of anilines is 1. The van der Waals surface area contributed by atoms with Gasteiger partial charge >= 0.3 is 6.03 Å². The van der Waals surface area contributed by atoms with E-state index in [1.54, 1.807) is 31.4 Å². The van der Waals surface area contributed by atoms with Crippen molar-refractivity contribution >= 4 is 17.6 Å². The summed E-state index contributed by atoms with van der Waals surface area (Å²) in [5, 5.41) is 5.84. The Kier molecular flexibility index (Phi) is 7.08. The molecule has 1 aliphatic heterocycles. The molecular formula is C22H28N4O3. The second kappa shape index (κ2) is 9.93. The maximum atomic E-state index is 12.3. The van der Waals surface area contributed by atoms with Crippen LogP contribution in [0.4, 0.5) is 10.5 Å². The normalized spacial score (nSPS) is 16.0. The van der Waals surface area contributed by atoms with E-state index in [9.17, 15) is 9.59 Å². The predicted octanol–water partition coefficient (Wildman–Crippen LogP) is 2.38. The van der Waals surface area contributed by atoms with Crippen LogP contribution in [0.1, 0.15) is 18.4 Å². The zero-order valence-electron chi connectivity index (χ0n) is 16.6. The second-order valence-electron chi connectivity index (χ2n) is 7.25. The van der Waals surface area contributed by atoms with Crippen LogP contribution >= 0.6 is 0 Å². The largest absolute Gasteiger partial charge is 0.497 e. The summed E-state index contributed by atoms with van der Waals surface area (Å²) < 4.78 is 5.11. The molecule has 1 saturated heterocycles. The first-order valence-electron chi connectivity index (χ1n) is 9.84. The number of nitrogens with zero attached hydrogens (tertiary/aromatic N) is 1. The number of carbonyl (C=O) groups is 2. The van der Waals surface area contributed by atoms with E-state index in [2.05, 4.69) is 15.5 Å². The van der Waals surface area contributed by atoms with Crippen molar-refractivity contribution in [1.82, 2.24) is 10.2 Å². The molecule has 4 N–H and O–H groups in total. The molecular weight excluding hydrogens is 368 g/mol. The third-order valence-electron chi connectivity index (χ3n) is 5.25. The third-order valence-corrected chi connectivity index (χ3v) is 5.25. The number of rotatable bonds is 7. The first kappa shape index (κ1) is 20.7. The summed E-state index contributed by atoms with van der Waals surface area (Å²) in [6.07, 6.45) is 2.15. The molecule has 3 amide bonds. The van der Waals surface area contributed by atoms with Crippen molar-refractivity contribution in [3.05, 3.63) is 60.2 Å². The average Bonchev–Trinajstić information content (AvgIpc) is 2.74. The molecule has 0 aromatic heterocycles. The van der Waals surface area contributed by atoms with Crippen molar-refractivity contribution in [2.45, 2.75) is 31.3 Å². The van der Waals surface area contributed by atoms with E-state index in [4.69, 9.17) is 10.5 Å². The molecule has 2 aromatic rings. The Morgan fingerprint density at radius 3 is 2.34 bits per heavy atom. The molecule has 0 saturated carbocycles. The SMILES string of the molecule is COc1ccc(NC(=O)NC2CCN(C(Cc3ccccc3)C(N)=O)CC2)cc1. The summed E-state index contributed by atoms with van der Waals surface area (Å²) in [5.41, 5.74) is 7.47. The standard InChI is InChI=1S/C22H28N4O3/c1-29-19-9-7-17(8-10-19)24-22(28)25-18-11-13-26(14-12-18)20(21(23)27)15-16-5-3-2-4-6-16/h2-10,18,20H,11-15H2,1H3,(H2,23,27)(H2,24,25,28). The van der Waals surface area contributed by atoms with Gasteiger partial charge in [-0.3, -0.25) is 9.69 Å². The van der Waals surface area contributed by atoms with E-state index in [-0.39, 0.29) is 24.0 Å². The lowest BCUT2D eigenvalue weighted by Crippen LogP contribution is -2.53. The van der Waals surface area contributed by atoms with Crippen LogP contribution in [-0.4, -0.2) is 49.1 Å². The van der Waals surface area contributed by atoms with Gasteiger partial charge in [-0.25, -0.2) is 4.79 Å². The Bertz CT molecular complexity index is 803. The van der Waals surface area contributed by atoms with Crippen molar-refractivity contribution in [2.75, 3.05) is 25.5 Å². The number of piperidine rings is 1. The van der Waals surface area contributed by atoms with Crippen molar-refractivity contribution in [2.24, 2.45) is 5.73 Å². The maximum Gasteiger partial charge on any atom is 0.319 e. The number of carbonyl (C=O) groups excluding carboxylic acids is 2. The number of hydrogen-bond donors (Lipinski definition) is 3. The quantitative estimate of drug-likeness (QED) is 0.669. The number of urea groups is 1. The van der Waals surface area contributed by atoms with E-state index in [1.807, 2.05) is 30.3 Å². The van der Waals surface area contributed by atoms with E-state index in [1.165, 1.54) is 0 Å². The molecule has 1 heterocycles. The van der Waals surface area contributed by atoms with Gasteiger partial charge in [-0.05, 0) is 49.1 Å². The number of nitrogens with one attached hydrogen (secondary N) is 2. The van der Waals surface area contributed by atoms with Gasteiger partial charge in [0.05, 0.1) is 13.2 Å². The van der Waals surface area contributed by atoms with Gasteiger partial charge in [0.25, 0.3) is 0 Å². The molecule has 0 bridgehead atoms. The van der Waals surface area contributed by atoms with Gasteiger partial charge in [0.2, 0.25) is 5.91 Å². The molecule has 29 heavy (non-hydrogen) atoms. The number of methoxy groups -OCH3 is 1. The highest BCUT2D eigenvalue weighted by Crippen LogP contribution is 2.18. The highest BCUT2D eigenvalue weighted by molar-refractivity contribution is 5.89. The molecule has 1 atom stereocenters. The van der Waals surface area contributed by atoms with E-state index in [0.717, 1.165) is 24.2 Å². The highest BCUT2D eigenvalue weighted by atomic mass is 16.5. The number of hydrogen-bond acceptors (Lipinski definition) is 4. The Hall–Kier alpha value is -3.06. The van der Waals surface area contributed by atoms with Crippen LogP contribution in [0.5, 0.6) is 5.75 Å². The summed E-state index contributed by atoms with van der Waals surface area (Å²) in [6.45, 7) is 1.43. The fourth-order valence-electron chi connectivity index (χ4n) is 3.63. The Morgan fingerprint density at radius 1 is 1.10 bits per heavy atom. The van der Waals surface area contributed by atoms with Gasteiger partial charge in [0, 0.05) is 24.8 Å². The molecule has 2 aromatic carbocycles. The third kappa shape index (κ3) is 5.96. The fourth-order valence-corrected chi connectivity index (χ4v) is 3.63. The number of amides is 3. The average molecular weight is 396 g/mol. The number of benzene rings is 2. The van der Waals surface area contributed by atoms with Gasteiger partial charge in [0.15, 0.2) is 0 Å². The van der Waals surface area contributed by atoms with Crippen LogP contribution in [0.25, 0.3) is 0 Å². The van der Waals surface area contributed by atoms with E-state index >= 15 is 0 Å². The topological polar surface area (TPSA) is 96.7 Å². The van der Waals surface area contributed by atoms with Gasteiger partial charge in [-0.15, -0.1) is 0 Å². The minimum absolute atomic E-state index is 0.0646. The summed E-state index contributed by atoms with van der Waals surface area (Å²) in [6, 6.07) is 16.6. The van der Waals surface area contributed by atoms with Crippen molar-refractivity contribution in [1.29, 1.82) is 0 Å². The molecule has 3 rings (SSSR count). The Labute approximate surface area is 171 Å². The van der Waals surface area contributed by atoms with Gasteiger partial charge in [-0.2, -0.15) is 0 Å². The highest BCUT2D eigenvalue weighted by Gasteiger charge is 2.29. The first-order chi connectivity index (χ1) is 14.0.